The molecule has 0 saturated carbocycles. The zero-order valence-electron chi connectivity index (χ0n) is 10.2. The van der Waals surface area contributed by atoms with Crippen molar-refractivity contribution >= 4 is 33.6 Å². The van der Waals surface area contributed by atoms with Crippen LogP contribution in [0, 0.1) is 0 Å². The van der Waals surface area contributed by atoms with Crippen molar-refractivity contribution in [3.05, 3.63) is 28.2 Å². The highest BCUT2D eigenvalue weighted by Crippen LogP contribution is 2.23. The smallest absolute Gasteiger partial charge is 0.252 e. The van der Waals surface area contributed by atoms with E-state index < -0.39 is 0 Å². The molecule has 0 aromatic heterocycles. The lowest BCUT2D eigenvalue weighted by atomic mass is 10.1. The zero-order chi connectivity index (χ0) is 13.0. The number of halogens is 1. The number of ether oxygens (including phenoxy) is 1. The molecule has 0 bridgehead atoms. The van der Waals surface area contributed by atoms with E-state index >= 15 is 0 Å². The molecule has 1 fully saturated rings. The van der Waals surface area contributed by atoms with E-state index in [-0.39, 0.29) is 11.9 Å². The predicted octanol–water partition coefficient (Wildman–Crippen LogP) is 3.08. The molecule has 98 valence electrons. The van der Waals surface area contributed by atoms with Crippen molar-refractivity contribution in [2.24, 2.45) is 0 Å². The Balaban J connectivity index is 2.07. The van der Waals surface area contributed by atoms with Gasteiger partial charge in [-0.15, -0.1) is 0 Å². The van der Waals surface area contributed by atoms with E-state index in [9.17, 15) is 4.79 Å². The van der Waals surface area contributed by atoms with Crippen LogP contribution < -0.4 is 10.1 Å². The molecule has 3 nitrogen and oxygen atoms in total. The van der Waals surface area contributed by atoms with Gasteiger partial charge in [-0.3, -0.25) is 4.79 Å². The standard InChI is InChI=1S/C13H16BrNO2S/c1-17-10-4-5-12(14)11(7-10)13(16)15-9-3-2-6-18-8-9/h4-5,7,9H,2-3,6,8H2,1H3,(H,15,16). The molecular weight excluding hydrogens is 314 g/mol. The molecule has 1 unspecified atom stereocenters. The van der Waals surface area contributed by atoms with Gasteiger partial charge in [-0.1, -0.05) is 0 Å². The van der Waals surface area contributed by atoms with Gasteiger partial charge in [0.15, 0.2) is 0 Å². The van der Waals surface area contributed by atoms with Crippen molar-refractivity contribution in [3.8, 4) is 5.75 Å². The molecule has 1 aliphatic rings. The summed E-state index contributed by atoms with van der Waals surface area (Å²) in [6, 6.07) is 5.71. The molecule has 18 heavy (non-hydrogen) atoms. The molecule has 1 amide bonds. The van der Waals surface area contributed by atoms with Gasteiger partial charge in [0.2, 0.25) is 0 Å². The maximum absolute atomic E-state index is 12.2. The Morgan fingerprint density at radius 3 is 3.06 bits per heavy atom. The van der Waals surface area contributed by atoms with Crippen molar-refractivity contribution in [1.82, 2.24) is 5.32 Å². The number of carbonyl (C=O) groups excluding carboxylic acids is 1. The lowest BCUT2D eigenvalue weighted by Crippen LogP contribution is -2.38. The van der Waals surface area contributed by atoms with Crippen LogP contribution in [-0.4, -0.2) is 30.6 Å². The third-order valence-corrected chi connectivity index (χ3v) is 4.82. The number of benzene rings is 1. The molecule has 1 N–H and O–H groups in total. The first kappa shape index (κ1) is 13.7. The van der Waals surface area contributed by atoms with Crippen molar-refractivity contribution in [2.75, 3.05) is 18.6 Å². The average Bonchev–Trinajstić information content (AvgIpc) is 2.40. The first-order valence-electron chi connectivity index (χ1n) is 5.93. The number of thioether (sulfide) groups is 1. The van der Waals surface area contributed by atoms with Gasteiger partial charge < -0.3 is 10.1 Å². The Hall–Kier alpha value is -0.680. The van der Waals surface area contributed by atoms with Gasteiger partial charge in [-0.2, -0.15) is 11.8 Å². The highest BCUT2D eigenvalue weighted by Gasteiger charge is 2.18. The van der Waals surface area contributed by atoms with E-state index in [2.05, 4.69) is 21.2 Å². The van der Waals surface area contributed by atoms with Gasteiger partial charge in [-0.05, 0) is 52.7 Å². The summed E-state index contributed by atoms with van der Waals surface area (Å²) in [5.41, 5.74) is 0.630. The molecule has 5 heteroatoms. The summed E-state index contributed by atoms with van der Waals surface area (Å²) in [5.74, 6) is 2.87. The Labute approximate surface area is 120 Å². The lowest BCUT2D eigenvalue weighted by molar-refractivity contribution is 0.0937. The summed E-state index contributed by atoms with van der Waals surface area (Å²) in [6.45, 7) is 0. The SMILES string of the molecule is COc1ccc(Br)c(C(=O)NC2CCCSC2)c1. The Morgan fingerprint density at radius 2 is 2.39 bits per heavy atom. The van der Waals surface area contributed by atoms with E-state index in [1.165, 1.54) is 12.2 Å². The van der Waals surface area contributed by atoms with Crippen molar-refractivity contribution < 1.29 is 9.53 Å². The first-order valence-corrected chi connectivity index (χ1v) is 7.87. The van der Waals surface area contributed by atoms with Crippen molar-refractivity contribution in [2.45, 2.75) is 18.9 Å². The summed E-state index contributed by atoms with van der Waals surface area (Å²) in [7, 11) is 1.60. The minimum absolute atomic E-state index is 0.0340. The fraction of sp³-hybridized carbons (Fsp3) is 0.462. The number of amides is 1. The number of hydrogen-bond acceptors (Lipinski definition) is 3. The third kappa shape index (κ3) is 3.42. The Bertz CT molecular complexity index is 433. The van der Waals surface area contributed by atoms with Crippen LogP contribution >= 0.6 is 27.7 Å². The first-order chi connectivity index (χ1) is 8.70. The van der Waals surface area contributed by atoms with Crippen LogP contribution in [0.5, 0.6) is 5.75 Å². The van der Waals surface area contributed by atoms with Gasteiger partial charge in [-0.25, -0.2) is 0 Å². The van der Waals surface area contributed by atoms with Crippen LogP contribution in [0.3, 0.4) is 0 Å². The maximum Gasteiger partial charge on any atom is 0.252 e. The molecule has 1 atom stereocenters. The summed E-state index contributed by atoms with van der Waals surface area (Å²) in [4.78, 5) is 12.2. The topological polar surface area (TPSA) is 38.3 Å². The minimum Gasteiger partial charge on any atom is -0.497 e. The van der Waals surface area contributed by atoms with Gasteiger partial charge in [0.1, 0.15) is 5.75 Å². The summed E-state index contributed by atoms with van der Waals surface area (Å²) < 4.78 is 5.94. The zero-order valence-corrected chi connectivity index (χ0v) is 12.6. The van der Waals surface area contributed by atoms with Gasteiger partial charge >= 0.3 is 0 Å². The van der Waals surface area contributed by atoms with Crippen LogP contribution in [0.2, 0.25) is 0 Å². The molecular formula is C13H16BrNO2S. The third-order valence-electron chi connectivity index (χ3n) is 2.91. The normalized spacial score (nSPS) is 19.3. The minimum atomic E-state index is -0.0340. The molecule has 1 heterocycles. The van der Waals surface area contributed by atoms with Gasteiger partial charge in [0.25, 0.3) is 5.91 Å². The molecule has 0 radical (unpaired) electrons. The van der Waals surface area contributed by atoms with Crippen LogP contribution in [0.1, 0.15) is 23.2 Å². The predicted molar refractivity (Wildman–Crippen MR) is 78.5 cm³/mol. The van der Waals surface area contributed by atoms with E-state index in [0.29, 0.717) is 11.3 Å². The average molecular weight is 330 g/mol. The second-order valence-corrected chi connectivity index (χ2v) is 6.24. The second-order valence-electron chi connectivity index (χ2n) is 4.23. The molecule has 0 aliphatic carbocycles. The lowest BCUT2D eigenvalue weighted by Gasteiger charge is -2.22. The molecule has 1 saturated heterocycles. The maximum atomic E-state index is 12.2. The van der Waals surface area contributed by atoms with Gasteiger partial charge in [0, 0.05) is 16.3 Å². The van der Waals surface area contributed by atoms with Crippen LogP contribution in [0.4, 0.5) is 0 Å². The van der Waals surface area contributed by atoms with E-state index in [1.807, 2.05) is 23.9 Å². The number of nitrogens with one attached hydrogen (secondary N) is 1. The summed E-state index contributed by atoms with van der Waals surface area (Å²) in [6.07, 6.45) is 2.25. The van der Waals surface area contributed by atoms with Crippen LogP contribution in [-0.2, 0) is 0 Å². The number of hydrogen-bond donors (Lipinski definition) is 1. The number of carbonyl (C=O) groups is 1. The fourth-order valence-electron chi connectivity index (χ4n) is 1.92. The Kier molecular flexibility index (Phi) is 4.95. The molecule has 1 aromatic carbocycles. The van der Waals surface area contributed by atoms with E-state index in [1.54, 1.807) is 13.2 Å². The molecule has 2 rings (SSSR count). The van der Waals surface area contributed by atoms with E-state index in [0.717, 1.165) is 16.6 Å². The van der Waals surface area contributed by atoms with E-state index in [4.69, 9.17) is 4.74 Å². The second kappa shape index (κ2) is 6.48. The number of methoxy groups -OCH3 is 1. The molecule has 0 spiro atoms. The van der Waals surface area contributed by atoms with Crippen molar-refractivity contribution in [1.29, 1.82) is 0 Å². The largest absolute Gasteiger partial charge is 0.497 e. The fourth-order valence-corrected chi connectivity index (χ4v) is 3.42. The summed E-state index contributed by atoms with van der Waals surface area (Å²) in [5, 5.41) is 3.08. The van der Waals surface area contributed by atoms with Gasteiger partial charge in [0.05, 0.1) is 12.7 Å². The summed E-state index contributed by atoms with van der Waals surface area (Å²) >= 11 is 5.30. The Morgan fingerprint density at radius 1 is 1.56 bits per heavy atom. The molecule has 1 aliphatic heterocycles. The monoisotopic (exact) mass is 329 g/mol. The quantitative estimate of drug-likeness (QED) is 0.926. The van der Waals surface area contributed by atoms with Crippen LogP contribution in [0.25, 0.3) is 0 Å². The van der Waals surface area contributed by atoms with Crippen LogP contribution in [0.15, 0.2) is 22.7 Å². The highest BCUT2D eigenvalue weighted by atomic mass is 79.9. The number of rotatable bonds is 3. The van der Waals surface area contributed by atoms with Crippen molar-refractivity contribution in [3.63, 3.8) is 0 Å². The molecule has 1 aromatic rings. The highest BCUT2D eigenvalue weighted by molar-refractivity contribution is 9.10.